The zero-order valence-electron chi connectivity index (χ0n) is 9.87. The lowest BCUT2D eigenvalue weighted by Gasteiger charge is -2.12. The zero-order chi connectivity index (χ0) is 12.0. The zero-order valence-corrected chi connectivity index (χ0v) is 10.8. The van der Waals surface area contributed by atoms with E-state index in [0.717, 1.165) is 18.6 Å². The van der Waals surface area contributed by atoms with Crippen LogP contribution in [0.3, 0.4) is 0 Å². The van der Waals surface area contributed by atoms with Gasteiger partial charge >= 0.3 is 0 Å². The van der Waals surface area contributed by atoms with Gasteiger partial charge in [-0.05, 0) is 43.1 Å². The summed E-state index contributed by atoms with van der Waals surface area (Å²) in [6.07, 6.45) is 2.01. The van der Waals surface area contributed by atoms with E-state index in [9.17, 15) is 4.39 Å². The van der Waals surface area contributed by atoms with Crippen molar-refractivity contribution in [3.05, 3.63) is 29.6 Å². The summed E-state index contributed by atoms with van der Waals surface area (Å²) in [6, 6.07) is 5.22. The summed E-state index contributed by atoms with van der Waals surface area (Å²) >= 11 is 4.18. The molecule has 0 aliphatic carbocycles. The highest BCUT2D eigenvalue weighted by Crippen LogP contribution is 2.20. The van der Waals surface area contributed by atoms with Crippen molar-refractivity contribution >= 4 is 12.6 Å². The predicted molar refractivity (Wildman–Crippen MR) is 68.9 cm³/mol. The van der Waals surface area contributed by atoms with Crippen molar-refractivity contribution in [3.63, 3.8) is 0 Å². The monoisotopic (exact) mass is 242 g/mol. The van der Waals surface area contributed by atoms with Crippen LogP contribution in [0.5, 0.6) is 5.75 Å². The lowest BCUT2D eigenvalue weighted by molar-refractivity contribution is 0.270. The van der Waals surface area contributed by atoms with Crippen LogP contribution < -0.4 is 4.74 Å². The number of hydrogen-bond acceptors (Lipinski definition) is 2. The van der Waals surface area contributed by atoms with Gasteiger partial charge in [0.05, 0.1) is 6.61 Å². The van der Waals surface area contributed by atoms with Crippen molar-refractivity contribution in [2.24, 2.45) is 5.92 Å². The maximum atomic E-state index is 13.5. The number of halogens is 1. The molecule has 3 heteroatoms. The van der Waals surface area contributed by atoms with Crippen LogP contribution in [0.1, 0.15) is 25.3 Å². The fraction of sp³-hybridized carbons (Fsp3) is 0.538. The van der Waals surface area contributed by atoms with Gasteiger partial charge in [-0.3, -0.25) is 0 Å². The molecule has 1 rings (SSSR count). The van der Waals surface area contributed by atoms with Crippen molar-refractivity contribution in [1.29, 1.82) is 0 Å². The summed E-state index contributed by atoms with van der Waals surface area (Å²) in [5.74, 6) is 1.58. The molecule has 0 heterocycles. The summed E-state index contributed by atoms with van der Waals surface area (Å²) in [5.41, 5.74) is 0.626. The molecule has 1 nitrogen and oxygen atoms in total. The van der Waals surface area contributed by atoms with Gasteiger partial charge in [0, 0.05) is 0 Å². The Kier molecular flexibility index (Phi) is 5.67. The summed E-state index contributed by atoms with van der Waals surface area (Å²) in [5, 5.41) is 0. The van der Waals surface area contributed by atoms with Gasteiger partial charge in [0.1, 0.15) is 0 Å². The molecular formula is C13H19FOS. The Bertz CT molecular complexity index is 328. The molecule has 0 fully saturated rings. The molecule has 90 valence electrons. The molecule has 0 amide bonds. The van der Waals surface area contributed by atoms with E-state index in [2.05, 4.69) is 19.6 Å². The van der Waals surface area contributed by atoms with Crippen molar-refractivity contribution < 1.29 is 9.13 Å². The first-order valence-electron chi connectivity index (χ1n) is 5.64. The van der Waals surface area contributed by atoms with E-state index in [1.54, 1.807) is 19.1 Å². The molecule has 0 bridgehead atoms. The first kappa shape index (κ1) is 13.4. The van der Waals surface area contributed by atoms with Crippen molar-refractivity contribution in [3.8, 4) is 5.75 Å². The van der Waals surface area contributed by atoms with Crippen LogP contribution in [0.15, 0.2) is 18.2 Å². The molecule has 1 unspecified atom stereocenters. The molecule has 0 aliphatic heterocycles. The molecule has 1 aromatic carbocycles. The highest BCUT2D eigenvalue weighted by atomic mass is 32.1. The second kappa shape index (κ2) is 6.79. The van der Waals surface area contributed by atoms with Gasteiger partial charge < -0.3 is 4.74 Å². The van der Waals surface area contributed by atoms with E-state index in [1.807, 2.05) is 6.07 Å². The van der Waals surface area contributed by atoms with Gasteiger partial charge in [-0.25, -0.2) is 4.39 Å². The van der Waals surface area contributed by atoms with Gasteiger partial charge in [0.15, 0.2) is 11.6 Å². The van der Waals surface area contributed by atoms with Crippen LogP contribution in [-0.4, -0.2) is 12.4 Å². The molecule has 16 heavy (non-hydrogen) atoms. The number of rotatable bonds is 6. The SMILES string of the molecule is Cc1cccc(OCCC(C)CCS)c1F. The normalized spacial score (nSPS) is 12.5. The van der Waals surface area contributed by atoms with Gasteiger partial charge in [0.2, 0.25) is 0 Å². The predicted octanol–water partition coefficient (Wildman–Crippen LogP) is 3.86. The third kappa shape index (κ3) is 4.05. The Hall–Kier alpha value is -0.700. The standard InChI is InChI=1S/C13H19FOS/c1-10(7-9-16)6-8-15-12-5-3-4-11(2)13(12)14/h3-5,10,16H,6-9H2,1-2H3. The van der Waals surface area contributed by atoms with Crippen LogP contribution in [0.2, 0.25) is 0 Å². The minimum absolute atomic E-state index is 0.246. The summed E-state index contributed by atoms with van der Waals surface area (Å²) in [4.78, 5) is 0. The summed E-state index contributed by atoms with van der Waals surface area (Å²) in [6.45, 7) is 4.47. The molecule has 0 saturated heterocycles. The van der Waals surface area contributed by atoms with Crippen molar-refractivity contribution in [2.75, 3.05) is 12.4 Å². The average Bonchev–Trinajstić information content (AvgIpc) is 2.25. The Morgan fingerprint density at radius 3 is 2.81 bits per heavy atom. The van der Waals surface area contributed by atoms with E-state index in [-0.39, 0.29) is 5.82 Å². The molecule has 1 atom stereocenters. The molecule has 0 saturated carbocycles. The smallest absolute Gasteiger partial charge is 0.167 e. The maximum Gasteiger partial charge on any atom is 0.167 e. The van der Waals surface area contributed by atoms with E-state index in [0.29, 0.717) is 23.8 Å². The molecule has 1 aromatic rings. The van der Waals surface area contributed by atoms with Crippen LogP contribution in [0.25, 0.3) is 0 Å². The molecule has 0 aromatic heterocycles. The van der Waals surface area contributed by atoms with Gasteiger partial charge in [-0.2, -0.15) is 12.6 Å². The molecular weight excluding hydrogens is 223 g/mol. The number of hydrogen-bond donors (Lipinski definition) is 1. The van der Waals surface area contributed by atoms with E-state index < -0.39 is 0 Å². The number of aryl methyl sites for hydroxylation is 1. The van der Waals surface area contributed by atoms with Gasteiger partial charge in [-0.15, -0.1) is 0 Å². The van der Waals surface area contributed by atoms with Crippen LogP contribution in [0.4, 0.5) is 4.39 Å². The van der Waals surface area contributed by atoms with E-state index in [1.165, 1.54) is 0 Å². The second-order valence-corrected chi connectivity index (χ2v) is 4.59. The Labute approximate surface area is 102 Å². The quantitative estimate of drug-likeness (QED) is 0.745. The highest BCUT2D eigenvalue weighted by Gasteiger charge is 2.06. The fourth-order valence-electron chi connectivity index (χ4n) is 1.47. The minimum Gasteiger partial charge on any atom is -0.490 e. The Morgan fingerprint density at radius 2 is 2.12 bits per heavy atom. The first-order chi connectivity index (χ1) is 7.65. The molecule has 0 N–H and O–H groups in total. The Balaban J connectivity index is 2.40. The topological polar surface area (TPSA) is 9.23 Å². The summed E-state index contributed by atoms with van der Waals surface area (Å²) < 4.78 is 19.0. The van der Waals surface area contributed by atoms with E-state index in [4.69, 9.17) is 4.74 Å². The van der Waals surface area contributed by atoms with E-state index >= 15 is 0 Å². The lowest BCUT2D eigenvalue weighted by Crippen LogP contribution is -2.06. The van der Waals surface area contributed by atoms with Crippen LogP contribution >= 0.6 is 12.6 Å². The number of benzene rings is 1. The van der Waals surface area contributed by atoms with Crippen LogP contribution in [-0.2, 0) is 0 Å². The lowest BCUT2D eigenvalue weighted by atomic mass is 10.1. The molecule has 0 radical (unpaired) electrons. The van der Waals surface area contributed by atoms with Gasteiger partial charge in [0.25, 0.3) is 0 Å². The number of thiol groups is 1. The Morgan fingerprint density at radius 1 is 1.38 bits per heavy atom. The fourth-order valence-corrected chi connectivity index (χ4v) is 1.91. The molecule has 0 aliphatic rings. The van der Waals surface area contributed by atoms with Crippen molar-refractivity contribution in [1.82, 2.24) is 0 Å². The first-order valence-corrected chi connectivity index (χ1v) is 6.27. The van der Waals surface area contributed by atoms with Crippen LogP contribution in [0, 0.1) is 18.7 Å². The molecule has 0 spiro atoms. The summed E-state index contributed by atoms with van der Waals surface area (Å²) in [7, 11) is 0. The minimum atomic E-state index is -0.246. The van der Waals surface area contributed by atoms with Crippen molar-refractivity contribution in [2.45, 2.75) is 26.7 Å². The highest BCUT2D eigenvalue weighted by molar-refractivity contribution is 7.80. The third-order valence-corrected chi connectivity index (χ3v) is 2.90. The average molecular weight is 242 g/mol. The number of ether oxygens (including phenoxy) is 1. The third-order valence-electron chi connectivity index (χ3n) is 2.65. The van der Waals surface area contributed by atoms with Gasteiger partial charge in [-0.1, -0.05) is 19.1 Å². The largest absolute Gasteiger partial charge is 0.490 e. The second-order valence-electron chi connectivity index (χ2n) is 4.14. The maximum absolute atomic E-state index is 13.5.